The van der Waals surface area contributed by atoms with E-state index < -0.39 is 0 Å². The molecule has 1 N–H and O–H groups in total. The third-order valence-electron chi connectivity index (χ3n) is 2.84. The summed E-state index contributed by atoms with van der Waals surface area (Å²) in [7, 11) is 3.37. The van der Waals surface area contributed by atoms with Gasteiger partial charge in [0.1, 0.15) is 0 Å². The summed E-state index contributed by atoms with van der Waals surface area (Å²) >= 11 is 3.47. The summed E-state index contributed by atoms with van der Waals surface area (Å²) in [5.41, 5.74) is 1.63. The Kier molecular flexibility index (Phi) is 6.48. The fourth-order valence-corrected chi connectivity index (χ4v) is 2.20. The molecule has 1 atom stereocenters. The van der Waals surface area contributed by atoms with Gasteiger partial charge in [0.25, 0.3) is 0 Å². The molecule has 0 aliphatic heterocycles. The molecule has 0 radical (unpaired) electrons. The van der Waals surface area contributed by atoms with Crippen LogP contribution in [0.2, 0.25) is 0 Å². The molecule has 0 saturated heterocycles. The summed E-state index contributed by atoms with van der Waals surface area (Å²) in [6.07, 6.45) is 0.460. The Hall–Kier alpha value is -0.910. The number of nitrogens with zero attached hydrogens (tertiary/aromatic N) is 1. The van der Waals surface area contributed by atoms with Gasteiger partial charge >= 0.3 is 5.97 Å². The molecule has 0 saturated carbocycles. The van der Waals surface area contributed by atoms with Gasteiger partial charge in [0.2, 0.25) is 0 Å². The van der Waals surface area contributed by atoms with Crippen LogP contribution in [0, 0.1) is 0 Å². The minimum absolute atomic E-state index is 0.285. The molecule has 0 heterocycles. The van der Waals surface area contributed by atoms with Gasteiger partial charge < -0.3 is 14.7 Å². The van der Waals surface area contributed by atoms with Crippen molar-refractivity contribution in [1.29, 1.82) is 0 Å². The summed E-state index contributed by atoms with van der Waals surface area (Å²) in [5, 5.41) is 9.26. The van der Waals surface area contributed by atoms with Crippen molar-refractivity contribution in [2.24, 2.45) is 0 Å². The predicted molar refractivity (Wildman–Crippen MR) is 78.1 cm³/mol. The zero-order chi connectivity index (χ0) is 14.4. The summed E-state index contributed by atoms with van der Waals surface area (Å²) < 4.78 is 5.57. The van der Waals surface area contributed by atoms with Gasteiger partial charge in [-0.1, -0.05) is 22.0 Å². The molecule has 5 heteroatoms. The number of rotatable bonds is 6. The van der Waals surface area contributed by atoms with Crippen LogP contribution in [0.25, 0.3) is 0 Å². The number of benzene rings is 1. The van der Waals surface area contributed by atoms with Crippen LogP contribution < -0.4 is 0 Å². The highest BCUT2D eigenvalue weighted by molar-refractivity contribution is 9.10. The van der Waals surface area contributed by atoms with Crippen LogP contribution >= 0.6 is 15.9 Å². The number of aliphatic hydroxyl groups excluding tert-OH is 1. The normalized spacial score (nSPS) is 12.5. The van der Waals surface area contributed by atoms with E-state index in [4.69, 9.17) is 0 Å². The quantitative estimate of drug-likeness (QED) is 0.814. The summed E-state index contributed by atoms with van der Waals surface area (Å²) in [4.78, 5) is 13.5. The molecule has 0 fully saturated rings. The molecular formula is C14H20BrNO3. The van der Waals surface area contributed by atoms with Crippen LogP contribution in [0.15, 0.2) is 22.7 Å². The Morgan fingerprint density at radius 3 is 2.74 bits per heavy atom. The van der Waals surface area contributed by atoms with E-state index in [-0.39, 0.29) is 12.1 Å². The molecule has 0 amide bonds. The average molecular weight is 330 g/mol. The second kappa shape index (κ2) is 7.62. The lowest BCUT2D eigenvalue weighted by atomic mass is 10.1. The van der Waals surface area contributed by atoms with Gasteiger partial charge in [0.15, 0.2) is 0 Å². The van der Waals surface area contributed by atoms with Gasteiger partial charge in [0.05, 0.1) is 18.8 Å². The number of hydrogen-bond donors (Lipinski definition) is 1. The Labute approximate surface area is 122 Å². The van der Waals surface area contributed by atoms with E-state index in [2.05, 4.69) is 25.6 Å². The second-order valence-electron chi connectivity index (χ2n) is 4.67. The van der Waals surface area contributed by atoms with Crippen molar-refractivity contribution in [3.8, 4) is 0 Å². The Bertz CT molecular complexity index is 435. The van der Waals surface area contributed by atoms with Crippen LogP contribution in [-0.4, -0.2) is 42.8 Å². The first-order valence-corrected chi connectivity index (χ1v) is 6.96. The molecule has 0 bridgehead atoms. The van der Waals surface area contributed by atoms with Crippen LogP contribution in [0.5, 0.6) is 0 Å². The van der Waals surface area contributed by atoms with Crippen molar-refractivity contribution in [3.05, 3.63) is 33.8 Å². The lowest BCUT2D eigenvalue weighted by molar-refractivity contribution is 0.0600. The molecule has 106 valence electrons. The first-order chi connectivity index (χ1) is 8.93. The Morgan fingerprint density at radius 1 is 1.53 bits per heavy atom. The summed E-state index contributed by atoms with van der Waals surface area (Å²) in [5.74, 6) is -0.338. The molecule has 0 spiro atoms. The minimum Gasteiger partial charge on any atom is -0.465 e. The van der Waals surface area contributed by atoms with Gasteiger partial charge in [-0.05, 0) is 38.1 Å². The van der Waals surface area contributed by atoms with Crippen LogP contribution in [0.1, 0.15) is 29.3 Å². The number of hydrogen-bond acceptors (Lipinski definition) is 4. The first kappa shape index (κ1) is 16.1. The molecule has 1 unspecified atom stereocenters. The molecule has 19 heavy (non-hydrogen) atoms. The zero-order valence-electron chi connectivity index (χ0n) is 11.5. The lowest BCUT2D eigenvalue weighted by Crippen LogP contribution is -2.22. The van der Waals surface area contributed by atoms with Crippen LogP contribution in [-0.2, 0) is 11.3 Å². The topological polar surface area (TPSA) is 49.8 Å². The maximum absolute atomic E-state index is 11.4. The number of esters is 1. The first-order valence-electron chi connectivity index (χ1n) is 6.17. The Balaban J connectivity index is 2.67. The van der Waals surface area contributed by atoms with Crippen LogP contribution in [0.4, 0.5) is 0 Å². The maximum atomic E-state index is 11.4. The Morgan fingerprint density at radius 2 is 2.21 bits per heavy atom. The number of aliphatic hydroxyl groups is 1. The molecule has 1 aromatic rings. The maximum Gasteiger partial charge on any atom is 0.337 e. The van der Waals surface area contributed by atoms with Crippen molar-refractivity contribution in [2.45, 2.75) is 26.0 Å². The van der Waals surface area contributed by atoms with Gasteiger partial charge in [-0.3, -0.25) is 0 Å². The van der Waals surface area contributed by atoms with E-state index in [0.29, 0.717) is 5.56 Å². The average Bonchev–Trinajstić information content (AvgIpc) is 2.37. The van der Waals surface area contributed by atoms with Crippen molar-refractivity contribution in [1.82, 2.24) is 4.90 Å². The molecule has 0 aromatic heterocycles. The standard InChI is InChI=1S/C14H20BrNO3/c1-10(17)6-7-16(2)9-12-5-4-11(8-13(12)15)14(18)19-3/h4-5,8,10,17H,6-7,9H2,1-3H3. The largest absolute Gasteiger partial charge is 0.465 e. The number of carbonyl (C=O) groups is 1. The monoisotopic (exact) mass is 329 g/mol. The highest BCUT2D eigenvalue weighted by atomic mass is 79.9. The van der Waals surface area contributed by atoms with Crippen molar-refractivity contribution < 1.29 is 14.6 Å². The van der Waals surface area contributed by atoms with E-state index in [1.807, 2.05) is 13.1 Å². The fraction of sp³-hybridized carbons (Fsp3) is 0.500. The van der Waals surface area contributed by atoms with Crippen LogP contribution in [0.3, 0.4) is 0 Å². The van der Waals surface area contributed by atoms with Gasteiger partial charge in [0, 0.05) is 17.6 Å². The van der Waals surface area contributed by atoms with Gasteiger partial charge in [-0.2, -0.15) is 0 Å². The summed E-state index contributed by atoms with van der Waals surface area (Å²) in [6, 6.07) is 5.44. The third kappa shape index (κ3) is 5.30. The molecule has 1 rings (SSSR count). The predicted octanol–water partition coefficient (Wildman–Crippen LogP) is 2.44. The number of methoxy groups -OCH3 is 1. The van der Waals surface area contributed by atoms with Crippen molar-refractivity contribution in [2.75, 3.05) is 20.7 Å². The van der Waals surface area contributed by atoms with Gasteiger partial charge in [-0.25, -0.2) is 4.79 Å². The molecule has 4 nitrogen and oxygen atoms in total. The van der Waals surface area contributed by atoms with Crippen molar-refractivity contribution >= 4 is 21.9 Å². The molecule has 1 aromatic carbocycles. The van der Waals surface area contributed by atoms with E-state index in [1.54, 1.807) is 19.1 Å². The smallest absolute Gasteiger partial charge is 0.337 e. The highest BCUT2D eigenvalue weighted by Crippen LogP contribution is 2.20. The molecule has 0 aliphatic rings. The SMILES string of the molecule is COC(=O)c1ccc(CN(C)CCC(C)O)c(Br)c1. The third-order valence-corrected chi connectivity index (χ3v) is 3.58. The molecular weight excluding hydrogens is 310 g/mol. The number of carbonyl (C=O) groups excluding carboxylic acids is 1. The van der Waals surface area contributed by atoms with Crippen molar-refractivity contribution in [3.63, 3.8) is 0 Å². The van der Waals surface area contributed by atoms with Gasteiger partial charge in [-0.15, -0.1) is 0 Å². The number of ether oxygens (including phenoxy) is 1. The molecule has 0 aliphatic carbocycles. The zero-order valence-corrected chi connectivity index (χ0v) is 13.1. The van der Waals surface area contributed by atoms with E-state index in [1.165, 1.54) is 7.11 Å². The minimum atomic E-state index is -0.338. The second-order valence-corrected chi connectivity index (χ2v) is 5.53. The highest BCUT2D eigenvalue weighted by Gasteiger charge is 2.10. The van der Waals surface area contributed by atoms with E-state index >= 15 is 0 Å². The fourth-order valence-electron chi connectivity index (χ4n) is 1.70. The van der Waals surface area contributed by atoms with E-state index in [0.717, 1.165) is 29.5 Å². The lowest BCUT2D eigenvalue weighted by Gasteiger charge is -2.18. The summed E-state index contributed by atoms with van der Waals surface area (Å²) in [6.45, 7) is 3.37. The van der Waals surface area contributed by atoms with E-state index in [9.17, 15) is 9.90 Å². The number of halogens is 1.